The molecule has 0 radical (unpaired) electrons. The molecule has 2 amide bonds. The molecule has 0 aromatic heterocycles. The summed E-state index contributed by atoms with van der Waals surface area (Å²) in [6, 6.07) is 19.1. The average molecular weight is 568 g/mol. The average Bonchev–Trinajstić information content (AvgIpc) is 2.94. The van der Waals surface area contributed by atoms with E-state index in [9.17, 15) is 18.0 Å². The number of carbonyl (C=O) groups is 2. The molecule has 0 bridgehead atoms. The maximum atomic E-state index is 14.0. The number of anilines is 1. The smallest absolute Gasteiger partial charge is 0.264 e. The van der Waals surface area contributed by atoms with Gasteiger partial charge in [0.1, 0.15) is 24.1 Å². The van der Waals surface area contributed by atoms with Gasteiger partial charge in [0.2, 0.25) is 11.8 Å². The van der Waals surface area contributed by atoms with E-state index in [2.05, 4.69) is 5.32 Å². The summed E-state index contributed by atoms with van der Waals surface area (Å²) >= 11 is 0. The van der Waals surface area contributed by atoms with Gasteiger partial charge in [-0.1, -0.05) is 35.9 Å². The molecule has 0 spiro atoms. The van der Waals surface area contributed by atoms with Crippen molar-refractivity contribution in [1.29, 1.82) is 0 Å². The summed E-state index contributed by atoms with van der Waals surface area (Å²) in [7, 11) is -1.14. The van der Waals surface area contributed by atoms with Crippen molar-refractivity contribution in [2.45, 2.75) is 51.2 Å². The Labute approximate surface area is 236 Å². The summed E-state index contributed by atoms with van der Waals surface area (Å²) < 4.78 is 39.5. The summed E-state index contributed by atoms with van der Waals surface area (Å²) in [4.78, 5) is 28.4. The van der Waals surface area contributed by atoms with Crippen molar-refractivity contribution < 1.29 is 27.5 Å². The molecular weight excluding hydrogens is 530 g/mol. The lowest BCUT2D eigenvalue weighted by atomic mass is 10.1. The van der Waals surface area contributed by atoms with Gasteiger partial charge >= 0.3 is 0 Å². The normalized spacial score (nSPS) is 12.0. The summed E-state index contributed by atoms with van der Waals surface area (Å²) in [6.45, 7) is 6.68. The van der Waals surface area contributed by atoms with Crippen LogP contribution < -0.4 is 19.1 Å². The maximum Gasteiger partial charge on any atom is 0.264 e. The third-order valence-corrected chi connectivity index (χ3v) is 8.10. The minimum absolute atomic E-state index is 0.0404. The molecule has 0 fully saturated rings. The molecule has 214 valence electrons. The van der Waals surface area contributed by atoms with E-state index in [0.717, 1.165) is 15.4 Å². The summed E-state index contributed by atoms with van der Waals surface area (Å²) in [6.07, 6.45) is 0. The van der Waals surface area contributed by atoms with Gasteiger partial charge in [0.25, 0.3) is 10.0 Å². The van der Waals surface area contributed by atoms with Crippen LogP contribution in [0.2, 0.25) is 0 Å². The molecule has 0 aliphatic rings. The number of carbonyl (C=O) groups excluding carboxylic acids is 2. The monoisotopic (exact) mass is 567 g/mol. The molecule has 1 N–H and O–H groups in total. The lowest BCUT2D eigenvalue weighted by molar-refractivity contribution is -0.139. The summed E-state index contributed by atoms with van der Waals surface area (Å²) in [5.41, 5.74) is 1.89. The SMILES string of the molecule is COc1cccc(CN(C(=O)CN(c2cccc(OC)c2)S(=O)(=O)c2ccc(C)cc2)C(C)C(=O)NC(C)C)c1. The molecule has 3 rings (SSSR count). The van der Waals surface area contributed by atoms with Crippen molar-refractivity contribution in [1.82, 2.24) is 10.2 Å². The fourth-order valence-corrected chi connectivity index (χ4v) is 5.49. The van der Waals surface area contributed by atoms with E-state index in [-0.39, 0.29) is 29.1 Å². The molecular formula is C30H37N3O6S. The van der Waals surface area contributed by atoms with Crippen molar-refractivity contribution in [2.75, 3.05) is 25.1 Å². The van der Waals surface area contributed by atoms with E-state index in [4.69, 9.17) is 9.47 Å². The Bertz CT molecular complexity index is 1420. The number of methoxy groups -OCH3 is 2. The number of hydrogen-bond acceptors (Lipinski definition) is 6. The lowest BCUT2D eigenvalue weighted by Crippen LogP contribution is -2.52. The van der Waals surface area contributed by atoms with Crippen molar-refractivity contribution in [2.24, 2.45) is 0 Å². The molecule has 1 unspecified atom stereocenters. The van der Waals surface area contributed by atoms with Gasteiger partial charge in [0.15, 0.2) is 0 Å². The van der Waals surface area contributed by atoms with Crippen molar-refractivity contribution in [3.8, 4) is 11.5 Å². The molecule has 0 saturated carbocycles. The van der Waals surface area contributed by atoms with Crippen LogP contribution in [0.1, 0.15) is 31.9 Å². The Balaban J connectivity index is 2.06. The van der Waals surface area contributed by atoms with Gasteiger partial charge in [-0.2, -0.15) is 0 Å². The van der Waals surface area contributed by atoms with Crippen LogP contribution in [0.3, 0.4) is 0 Å². The minimum atomic E-state index is -4.16. The van der Waals surface area contributed by atoms with Crippen LogP contribution in [-0.2, 0) is 26.2 Å². The Kier molecular flexibility index (Phi) is 10.2. The zero-order chi connectivity index (χ0) is 29.4. The zero-order valence-electron chi connectivity index (χ0n) is 23.7. The highest BCUT2D eigenvalue weighted by Crippen LogP contribution is 2.28. The van der Waals surface area contributed by atoms with E-state index < -0.39 is 28.5 Å². The topological polar surface area (TPSA) is 105 Å². The first-order chi connectivity index (χ1) is 19.0. The number of nitrogens with zero attached hydrogens (tertiary/aromatic N) is 2. The van der Waals surface area contributed by atoms with Crippen LogP contribution in [0, 0.1) is 6.92 Å². The molecule has 40 heavy (non-hydrogen) atoms. The third kappa shape index (κ3) is 7.53. The standard InChI is InChI=1S/C30H37N3O6S/c1-21(2)31-30(35)23(4)32(19-24-9-7-11-26(17-24)38-5)29(34)20-33(25-10-8-12-27(18-25)39-6)40(36,37)28-15-13-22(3)14-16-28/h7-18,21,23H,19-20H2,1-6H3,(H,31,35). The first-order valence-corrected chi connectivity index (χ1v) is 14.4. The van der Waals surface area contributed by atoms with Crippen LogP contribution in [0.15, 0.2) is 77.7 Å². The van der Waals surface area contributed by atoms with Crippen molar-refractivity contribution in [3.63, 3.8) is 0 Å². The van der Waals surface area contributed by atoms with Gasteiger partial charge in [-0.3, -0.25) is 13.9 Å². The summed E-state index contributed by atoms with van der Waals surface area (Å²) in [5, 5.41) is 2.84. The van der Waals surface area contributed by atoms with Crippen LogP contribution >= 0.6 is 0 Å². The first-order valence-electron chi connectivity index (χ1n) is 12.9. The third-order valence-electron chi connectivity index (χ3n) is 6.31. The molecule has 3 aromatic carbocycles. The second-order valence-electron chi connectivity index (χ2n) is 9.74. The number of amides is 2. The largest absolute Gasteiger partial charge is 0.497 e. The van der Waals surface area contributed by atoms with Gasteiger partial charge in [0, 0.05) is 18.7 Å². The number of aryl methyl sites for hydroxylation is 1. The lowest BCUT2D eigenvalue weighted by Gasteiger charge is -2.32. The van der Waals surface area contributed by atoms with E-state index in [0.29, 0.717) is 11.5 Å². The predicted molar refractivity (Wildman–Crippen MR) is 155 cm³/mol. The number of benzene rings is 3. The van der Waals surface area contributed by atoms with Crippen LogP contribution in [0.5, 0.6) is 11.5 Å². The molecule has 1 atom stereocenters. The van der Waals surface area contributed by atoms with Gasteiger partial charge in [-0.05, 0) is 69.7 Å². The minimum Gasteiger partial charge on any atom is -0.497 e. The molecule has 9 nitrogen and oxygen atoms in total. The molecule has 0 heterocycles. The number of rotatable bonds is 12. The zero-order valence-corrected chi connectivity index (χ0v) is 24.6. The highest BCUT2D eigenvalue weighted by Gasteiger charge is 2.33. The Morgan fingerprint density at radius 3 is 2.08 bits per heavy atom. The van der Waals surface area contributed by atoms with Gasteiger partial charge in [0.05, 0.1) is 24.8 Å². The quantitative estimate of drug-likeness (QED) is 0.353. The van der Waals surface area contributed by atoms with Crippen molar-refractivity contribution >= 4 is 27.5 Å². The van der Waals surface area contributed by atoms with Crippen LogP contribution in [0.25, 0.3) is 0 Å². The fraction of sp³-hybridized carbons (Fsp3) is 0.333. The molecule has 0 aliphatic carbocycles. The van der Waals surface area contributed by atoms with Crippen LogP contribution in [0.4, 0.5) is 5.69 Å². The van der Waals surface area contributed by atoms with E-state index in [1.807, 2.05) is 26.8 Å². The number of nitrogens with one attached hydrogen (secondary N) is 1. The fourth-order valence-electron chi connectivity index (χ4n) is 4.09. The first kappa shape index (κ1) is 30.5. The number of ether oxygens (including phenoxy) is 2. The second kappa shape index (κ2) is 13.3. The highest BCUT2D eigenvalue weighted by atomic mass is 32.2. The van der Waals surface area contributed by atoms with Crippen molar-refractivity contribution in [3.05, 3.63) is 83.9 Å². The Hall–Kier alpha value is -4.05. The number of hydrogen-bond donors (Lipinski definition) is 1. The molecule has 3 aromatic rings. The maximum absolute atomic E-state index is 14.0. The second-order valence-corrected chi connectivity index (χ2v) is 11.6. The molecule has 0 saturated heterocycles. The van der Waals surface area contributed by atoms with Crippen LogP contribution in [-0.4, -0.2) is 58.0 Å². The molecule has 10 heteroatoms. The Morgan fingerprint density at radius 2 is 1.48 bits per heavy atom. The number of sulfonamides is 1. The summed E-state index contributed by atoms with van der Waals surface area (Å²) in [5.74, 6) is 0.143. The Morgan fingerprint density at radius 1 is 0.875 bits per heavy atom. The molecule has 0 aliphatic heterocycles. The van der Waals surface area contributed by atoms with E-state index in [1.165, 1.54) is 24.1 Å². The van der Waals surface area contributed by atoms with Gasteiger partial charge < -0.3 is 19.7 Å². The predicted octanol–water partition coefficient (Wildman–Crippen LogP) is 4.15. The van der Waals surface area contributed by atoms with Gasteiger partial charge in [-0.25, -0.2) is 8.42 Å². The van der Waals surface area contributed by atoms with Gasteiger partial charge in [-0.15, -0.1) is 0 Å². The van der Waals surface area contributed by atoms with E-state index >= 15 is 0 Å². The van der Waals surface area contributed by atoms with E-state index in [1.54, 1.807) is 68.6 Å². The highest BCUT2D eigenvalue weighted by molar-refractivity contribution is 7.92.